The smallest absolute Gasteiger partial charge is 0.410 e. The summed E-state index contributed by atoms with van der Waals surface area (Å²) in [5.41, 5.74) is 0. The molecule has 1 heterocycles. The Labute approximate surface area is 50.3 Å². The van der Waals surface area contributed by atoms with Gasteiger partial charge >= 0.3 is 6.09 Å². The zero-order valence-corrected chi connectivity index (χ0v) is 4.37. The molecule has 0 spiro atoms. The Morgan fingerprint density at radius 1 is 1.89 bits per heavy atom. The number of hydrogen-bond acceptors (Lipinski definition) is 3. The third-order valence-corrected chi connectivity index (χ3v) is 0.667. The first kappa shape index (κ1) is 5.61. The van der Waals surface area contributed by atoms with Gasteiger partial charge in [-0.3, -0.25) is 5.32 Å². The normalized spacial score (nSPS) is 8.89. The standard InChI is InChI=1S/C4H4N2O3/c7-4(8)6-3-1-9-2-5-3/h1-2,6H,(H,7,8). The molecule has 1 aromatic heterocycles. The maximum atomic E-state index is 9.87. The van der Waals surface area contributed by atoms with Crippen molar-refractivity contribution in [3.8, 4) is 0 Å². The molecule has 5 nitrogen and oxygen atoms in total. The summed E-state index contributed by atoms with van der Waals surface area (Å²) in [5, 5.41) is 10.1. The van der Waals surface area contributed by atoms with Crippen LogP contribution in [0.2, 0.25) is 0 Å². The van der Waals surface area contributed by atoms with Crippen LogP contribution in [0.4, 0.5) is 10.6 Å². The average molecular weight is 128 g/mol. The molecular weight excluding hydrogens is 124 g/mol. The molecule has 0 bridgehead atoms. The molecule has 1 rings (SSSR count). The number of carbonyl (C=O) groups is 1. The molecule has 48 valence electrons. The van der Waals surface area contributed by atoms with Gasteiger partial charge < -0.3 is 9.52 Å². The van der Waals surface area contributed by atoms with Crippen molar-refractivity contribution < 1.29 is 14.3 Å². The molecule has 0 radical (unpaired) electrons. The second kappa shape index (κ2) is 2.17. The first-order valence-corrected chi connectivity index (χ1v) is 2.17. The summed E-state index contributed by atoms with van der Waals surface area (Å²) in [6.07, 6.45) is 1.20. The summed E-state index contributed by atoms with van der Waals surface area (Å²) in [6, 6.07) is 0. The van der Waals surface area contributed by atoms with Crippen LogP contribution in [0.15, 0.2) is 17.1 Å². The third-order valence-electron chi connectivity index (χ3n) is 0.667. The van der Waals surface area contributed by atoms with Crippen LogP contribution >= 0.6 is 0 Å². The molecule has 0 aliphatic rings. The monoisotopic (exact) mass is 128 g/mol. The van der Waals surface area contributed by atoms with Crippen molar-refractivity contribution in [2.45, 2.75) is 0 Å². The lowest BCUT2D eigenvalue weighted by Crippen LogP contribution is -2.06. The fourth-order valence-electron chi connectivity index (χ4n) is 0.384. The van der Waals surface area contributed by atoms with Crippen molar-refractivity contribution in [1.29, 1.82) is 0 Å². The van der Waals surface area contributed by atoms with Crippen LogP contribution in [0, 0.1) is 0 Å². The predicted molar refractivity (Wildman–Crippen MR) is 28.2 cm³/mol. The van der Waals surface area contributed by atoms with Gasteiger partial charge in [-0.05, 0) is 0 Å². The van der Waals surface area contributed by atoms with Crippen LogP contribution in [-0.4, -0.2) is 16.2 Å². The van der Waals surface area contributed by atoms with Crippen molar-refractivity contribution in [1.82, 2.24) is 4.98 Å². The molecule has 0 aliphatic heterocycles. The van der Waals surface area contributed by atoms with E-state index in [-0.39, 0.29) is 5.82 Å². The van der Waals surface area contributed by atoms with Gasteiger partial charge in [-0.1, -0.05) is 0 Å². The maximum absolute atomic E-state index is 9.87. The van der Waals surface area contributed by atoms with Gasteiger partial charge in [-0.2, -0.15) is 4.98 Å². The van der Waals surface area contributed by atoms with E-state index in [0.717, 1.165) is 6.39 Å². The Morgan fingerprint density at radius 3 is 3.11 bits per heavy atom. The summed E-state index contributed by atoms with van der Waals surface area (Å²) < 4.78 is 4.48. The fraction of sp³-hybridized carbons (Fsp3) is 0. The number of hydrogen-bond donors (Lipinski definition) is 2. The lowest BCUT2D eigenvalue weighted by atomic mass is 10.8. The molecule has 5 heteroatoms. The second-order valence-corrected chi connectivity index (χ2v) is 1.30. The SMILES string of the molecule is O=C(O)Nc1cocn1. The lowest BCUT2D eigenvalue weighted by Gasteiger charge is -1.88. The van der Waals surface area contributed by atoms with Crippen molar-refractivity contribution >= 4 is 11.9 Å². The predicted octanol–water partition coefficient (Wildman–Crippen LogP) is 0.764. The zero-order valence-electron chi connectivity index (χ0n) is 4.37. The van der Waals surface area contributed by atoms with Gasteiger partial charge in [0.25, 0.3) is 0 Å². The van der Waals surface area contributed by atoms with Crippen molar-refractivity contribution in [3.63, 3.8) is 0 Å². The van der Waals surface area contributed by atoms with E-state index >= 15 is 0 Å². The zero-order chi connectivity index (χ0) is 6.69. The van der Waals surface area contributed by atoms with Crippen LogP contribution in [0.5, 0.6) is 0 Å². The number of amides is 1. The number of rotatable bonds is 1. The van der Waals surface area contributed by atoms with Crippen LogP contribution in [0.1, 0.15) is 0 Å². The summed E-state index contributed by atoms with van der Waals surface area (Å²) in [6.45, 7) is 0. The van der Waals surface area contributed by atoms with E-state index in [1.807, 2.05) is 5.32 Å². The van der Waals surface area contributed by atoms with E-state index in [1.54, 1.807) is 0 Å². The van der Waals surface area contributed by atoms with E-state index in [0.29, 0.717) is 0 Å². The Morgan fingerprint density at radius 2 is 2.67 bits per heavy atom. The first-order valence-electron chi connectivity index (χ1n) is 2.17. The molecule has 9 heavy (non-hydrogen) atoms. The first-order chi connectivity index (χ1) is 4.29. The van der Waals surface area contributed by atoms with Crippen LogP contribution in [0.25, 0.3) is 0 Å². The Bertz CT molecular complexity index is 194. The quantitative estimate of drug-likeness (QED) is 0.585. The van der Waals surface area contributed by atoms with Crippen molar-refractivity contribution in [3.05, 3.63) is 12.7 Å². The minimum atomic E-state index is -1.15. The van der Waals surface area contributed by atoms with E-state index in [2.05, 4.69) is 9.40 Å². The largest absolute Gasteiger partial charge is 0.465 e. The minimum Gasteiger partial charge on any atom is -0.465 e. The number of nitrogens with one attached hydrogen (secondary N) is 1. The van der Waals surface area contributed by atoms with Gasteiger partial charge in [-0.25, -0.2) is 4.79 Å². The Hall–Kier alpha value is -1.52. The highest BCUT2D eigenvalue weighted by Gasteiger charge is 1.97. The van der Waals surface area contributed by atoms with Gasteiger partial charge in [0.2, 0.25) is 0 Å². The summed E-state index contributed by atoms with van der Waals surface area (Å²) in [5.74, 6) is 0.197. The fourth-order valence-corrected chi connectivity index (χ4v) is 0.384. The number of carboxylic acid groups (broad SMARTS) is 1. The third kappa shape index (κ3) is 1.45. The number of oxazole rings is 1. The lowest BCUT2D eigenvalue weighted by molar-refractivity contribution is 0.209. The van der Waals surface area contributed by atoms with Crippen molar-refractivity contribution in [2.75, 3.05) is 5.32 Å². The van der Waals surface area contributed by atoms with Gasteiger partial charge in [0.15, 0.2) is 12.2 Å². The molecule has 0 saturated heterocycles. The highest BCUT2D eigenvalue weighted by Crippen LogP contribution is 1.99. The molecule has 1 aromatic rings. The summed E-state index contributed by atoms with van der Waals surface area (Å²) in [7, 11) is 0. The highest BCUT2D eigenvalue weighted by molar-refractivity contribution is 5.80. The van der Waals surface area contributed by atoms with E-state index in [4.69, 9.17) is 5.11 Å². The van der Waals surface area contributed by atoms with Crippen LogP contribution < -0.4 is 5.32 Å². The van der Waals surface area contributed by atoms with Crippen molar-refractivity contribution in [2.24, 2.45) is 0 Å². The van der Waals surface area contributed by atoms with Crippen LogP contribution in [0.3, 0.4) is 0 Å². The Balaban J connectivity index is 2.58. The molecule has 0 atom stereocenters. The second-order valence-electron chi connectivity index (χ2n) is 1.30. The van der Waals surface area contributed by atoms with Gasteiger partial charge in [-0.15, -0.1) is 0 Å². The number of nitrogens with zero attached hydrogens (tertiary/aromatic N) is 1. The summed E-state index contributed by atoms with van der Waals surface area (Å²) in [4.78, 5) is 13.4. The minimum absolute atomic E-state index is 0.197. The van der Waals surface area contributed by atoms with Gasteiger partial charge in [0.05, 0.1) is 0 Å². The average Bonchev–Trinajstić information content (AvgIpc) is 2.15. The van der Waals surface area contributed by atoms with Crippen LogP contribution in [-0.2, 0) is 0 Å². The molecule has 0 aliphatic carbocycles. The van der Waals surface area contributed by atoms with E-state index in [1.165, 1.54) is 6.26 Å². The number of anilines is 1. The van der Waals surface area contributed by atoms with Gasteiger partial charge in [0, 0.05) is 0 Å². The molecule has 0 fully saturated rings. The molecule has 2 N–H and O–H groups in total. The highest BCUT2D eigenvalue weighted by atomic mass is 16.4. The topological polar surface area (TPSA) is 75.4 Å². The number of aromatic nitrogens is 1. The van der Waals surface area contributed by atoms with E-state index < -0.39 is 6.09 Å². The molecule has 1 amide bonds. The molecular formula is C4H4N2O3. The van der Waals surface area contributed by atoms with Gasteiger partial charge in [0.1, 0.15) is 6.26 Å². The molecule has 0 unspecified atom stereocenters. The maximum Gasteiger partial charge on any atom is 0.410 e. The molecule has 0 aromatic carbocycles. The Kier molecular flexibility index (Phi) is 1.35. The summed E-state index contributed by atoms with van der Waals surface area (Å²) >= 11 is 0. The van der Waals surface area contributed by atoms with E-state index in [9.17, 15) is 4.79 Å². The molecule has 0 saturated carbocycles.